The van der Waals surface area contributed by atoms with Gasteiger partial charge in [0.15, 0.2) is 0 Å². The third-order valence-corrected chi connectivity index (χ3v) is 3.22. The molecule has 1 saturated carbocycles. The number of nitrogens with one attached hydrogen (secondary N) is 1. The quantitative estimate of drug-likeness (QED) is 0.816. The molecular formula is C13H18N2O2. The second kappa shape index (κ2) is 5.29. The van der Waals surface area contributed by atoms with Crippen molar-refractivity contribution in [2.24, 2.45) is 5.73 Å². The number of hydrogen-bond acceptors (Lipinski definition) is 3. The molecule has 0 bridgehead atoms. The number of amides is 1. The standard InChI is InChI=1S/C13H18N2O2/c1-17-11-7-10(8-11)15-13(16)12(14)9-5-3-2-4-6-9/h2-6,10-12H,7-8,14H2,1H3,(H,15,16). The van der Waals surface area contributed by atoms with E-state index in [-0.39, 0.29) is 18.1 Å². The number of carbonyl (C=O) groups is 1. The summed E-state index contributed by atoms with van der Waals surface area (Å²) in [6.07, 6.45) is 2.04. The summed E-state index contributed by atoms with van der Waals surface area (Å²) in [5.74, 6) is -0.115. The Kier molecular flexibility index (Phi) is 3.76. The third kappa shape index (κ3) is 2.84. The van der Waals surface area contributed by atoms with Crippen LogP contribution in [-0.2, 0) is 9.53 Å². The molecule has 0 spiro atoms. The highest BCUT2D eigenvalue weighted by molar-refractivity contribution is 5.83. The van der Waals surface area contributed by atoms with Gasteiger partial charge in [0.2, 0.25) is 5.91 Å². The second-order valence-corrected chi connectivity index (χ2v) is 4.42. The number of benzene rings is 1. The molecule has 0 radical (unpaired) electrons. The van der Waals surface area contributed by atoms with Gasteiger partial charge in [-0.2, -0.15) is 0 Å². The van der Waals surface area contributed by atoms with E-state index in [1.807, 2.05) is 30.3 Å². The van der Waals surface area contributed by atoms with Gasteiger partial charge in [0.1, 0.15) is 6.04 Å². The molecule has 4 heteroatoms. The van der Waals surface area contributed by atoms with Gasteiger partial charge >= 0.3 is 0 Å². The van der Waals surface area contributed by atoms with Crippen LogP contribution in [0.25, 0.3) is 0 Å². The van der Waals surface area contributed by atoms with Crippen LogP contribution in [0.15, 0.2) is 30.3 Å². The molecule has 0 aliphatic heterocycles. The summed E-state index contributed by atoms with van der Waals surface area (Å²) < 4.78 is 5.16. The topological polar surface area (TPSA) is 64.3 Å². The zero-order valence-electron chi connectivity index (χ0n) is 9.93. The fourth-order valence-electron chi connectivity index (χ4n) is 1.98. The van der Waals surface area contributed by atoms with E-state index < -0.39 is 6.04 Å². The van der Waals surface area contributed by atoms with E-state index in [9.17, 15) is 4.79 Å². The molecule has 1 unspecified atom stereocenters. The Bertz CT molecular complexity index is 374. The molecule has 17 heavy (non-hydrogen) atoms. The van der Waals surface area contributed by atoms with Crippen LogP contribution in [0.1, 0.15) is 24.4 Å². The number of rotatable bonds is 4. The average Bonchev–Trinajstić information content (AvgIpc) is 2.33. The van der Waals surface area contributed by atoms with Crippen molar-refractivity contribution in [2.45, 2.75) is 31.0 Å². The van der Waals surface area contributed by atoms with E-state index in [0.29, 0.717) is 0 Å². The maximum Gasteiger partial charge on any atom is 0.241 e. The van der Waals surface area contributed by atoms with Crippen molar-refractivity contribution in [3.63, 3.8) is 0 Å². The molecule has 1 amide bonds. The van der Waals surface area contributed by atoms with E-state index in [1.54, 1.807) is 7.11 Å². The van der Waals surface area contributed by atoms with Gasteiger partial charge in [-0.05, 0) is 18.4 Å². The van der Waals surface area contributed by atoms with Gasteiger partial charge in [-0.15, -0.1) is 0 Å². The van der Waals surface area contributed by atoms with Gasteiger partial charge in [0, 0.05) is 13.2 Å². The van der Waals surface area contributed by atoms with Crippen molar-refractivity contribution in [2.75, 3.05) is 7.11 Å². The minimum absolute atomic E-state index is 0.115. The predicted octanol–water partition coefficient (Wildman–Crippen LogP) is 0.980. The van der Waals surface area contributed by atoms with Crippen LogP contribution in [0.5, 0.6) is 0 Å². The maximum absolute atomic E-state index is 11.9. The predicted molar refractivity (Wildman–Crippen MR) is 65.3 cm³/mol. The molecule has 1 fully saturated rings. The molecule has 4 nitrogen and oxygen atoms in total. The van der Waals surface area contributed by atoms with Gasteiger partial charge in [0.05, 0.1) is 6.10 Å². The summed E-state index contributed by atoms with van der Waals surface area (Å²) in [5, 5.41) is 2.93. The Morgan fingerprint density at radius 3 is 2.65 bits per heavy atom. The Morgan fingerprint density at radius 1 is 1.41 bits per heavy atom. The van der Waals surface area contributed by atoms with Crippen LogP contribution in [0.4, 0.5) is 0 Å². The van der Waals surface area contributed by atoms with Crippen LogP contribution in [0.3, 0.4) is 0 Å². The first-order chi connectivity index (χ1) is 8.20. The smallest absolute Gasteiger partial charge is 0.241 e. The molecule has 0 heterocycles. The fourth-order valence-corrected chi connectivity index (χ4v) is 1.98. The van der Waals surface area contributed by atoms with Crippen molar-refractivity contribution in [3.05, 3.63) is 35.9 Å². The minimum atomic E-state index is -0.585. The normalized spacial score (nSPS) is 24.8. The first-order valence-electron chi connectivity index (χ1n) is 5.84. The summed E-state index contributed by atoms with van der Waals surface area (Å²) in [5.41, 5.74) is 6.73. The highest BCUT2D eigenvalue weighted by Crippen LogP contribution is 2.23. The summed E-state index contributed by atoms with van der Waals surface area (Å²) in [6, 6.07) is 9.02. The number of carbonyl (C=O) groups excluding carboxylic acids is 1. The fraction of sp³-hybridized carbons (Fsp3) is 0.462. The van der Waals surface area contributed by atoms with Gasteiger partial charge in [0.25, 0.3) is 0 Å². The van der Waals surface area contributed by atoms with Crippen LogP contribution >= 0.6 is 0 Å². The molecule has 1 aliphatic carbocycles. The Balaban J connectivity index is 1.85. The molecule has 1 aliphatic rings. The Hall–Kier alpha value is -1.39. The Labute approximate surface area is 101 Å². The van der Waals surface area contributed by atoms with Crippen LogP contribution in [0.2, 0.25) is 0 Å². The molecule has 1 atom stereocenters. The Morgan fingerprint density at radius 2 is 2.06 bits per heavy atom. The number of nitrogens with two attached hydrogens (primary N) is 1. The van der Waals surface area contributed by atoms with E-state index in [0.717, 1.165) is 18.4 Å². The van der Waals surface area contributed by atoms with Crippen molar-refractivity contribution in [3.8, 4) is 0 Å². The first-order valence-corrected chi connectivity index (χ1v) is 5.84. The molecule has 2 rings (SSSR count). The number of ether oxygens (including phenoxy) is 1. The molecule has 3 N–H and O–H groups in total. The molecule has 1 aromatic rings. The van der Waals surface area contributed by atoms with Gasteiger partial charge in [-0.3, -0.25) is 4.79 Å². The SMILES string of the molecule is COC1CC(NC(=O)C(N)c2ccccc2)C1. The molecule has 0 saturated heterocycles. The lowest BCUT2D eigenvalue weighted by molar-refractivity contribution is -0.124. The summed E-state index contributed by atoms with van der Waals surface area (Å²) in [6.45, 7) is 0. The van der Waals surface area contributed by atoms with E-state index in [4.69, 9.17) is 10.5 Å². The first kappa shape index (κ1) is 12.1. The van der Waals surface area contributed by atoms with Crippen LogP contribution in [0, 0.1) is 0 Å². The lowest BCUT2D eigenvalue weighted by atomic mass is 9.89. The van der Waals surface area contributed by atoms with Crippen LogP contribution in [-0.4, -0.2) is 25.2 Å². The van der Waals surface area contributed by atoms with Crippen molar-refractivity contribution in [1.29, 1.82) is 0 Å². The summed E-state index contributed by atoms with van der Waals surface area (Å²) in [4.78, 5) is 11.9. The van der Waals surface area contributed by atoms with E-state index in [2.05, 4.69) is 5.32 Å². The lowest BCUT2D eigenvalue weighted by Gasteiger charge is -2.35. The van der Waals surface area contributed by atoms with Gasteiger partial charge in [-0.25, -0.2) is 0 Å². The lowest BCUT2D eigenvalue weighted by Crippen LogP contribution is -2.49. The monoisotopic (exact) mass is 234 g/mol. The maximum atomic E-state index is 11.9. The zero-order chi connectivity index (χ0) is 12.3. The highest BCUT2D eigenvalue weighted by Gasteiger charge is 2.31. The van der Waals surface area contributed by atoms with Crippen molar-refractivity contribution >= 4 is 5.91 Å². The number of hydrogen-bond donors (Lipinski definition) is 2. The molecule has 0 aromatic heterocycles. The van der Waals surface area contributed by atoms with Gasteiger partial charge in [-0.1, -0.05) is 30.3 Å². The second-order valence-electron chi connectivity index (χ2n) is 4.42. The van der Waals surface area contributed by atoms with E-state index >= 15 is 0 Å². The molecular weight excluding hydrogens is 216 g/mol. The highest BCUT2D eigenvalue weighted by atomic mass is 16.5. The van der Waals surface area contributed by atoms with E-state index in [1.165, 1.54) is 0 Å². The largest absolute Gasteiger partial charge is 0.381 e. The zero-order valence-corrected chi connectivity index (χ0v) is 9.93. The van der Waals surface area contributed by atoms with Crippen molar-refractivity contribution in [1.82, 2.24) is 5.32 Å². The van der Waals surface area contributed by atoms with Gasteiger partial charge < -0.3 is 15.8 Å². The minimum Gasteiger partial charge on any atom is -0.381 e. The van der Waals surface area contributed by atoms with Crippen molar-refractivity contribution < 1.29 is 9.53 Å². The van der Waals surface area contributed by atoms with Crippen LogP contribution < -0.4 is 11.1 Å². The summed E-state index contributed by atoms with van der Waals surface area (Å²) in [7, 11) is 1.69. The average molecular weight is 234 g/mol. The molecule has 92 valence electrons. The number of methoxy groups -OCH3 is 1. The summed E-state index contributed by atoms with van der Waals surface area (Å²) >= 11 is 0. The molecule has 1 aromatic carbocycles. The third-order valence-electron chi connectivity index (χ3n) is 3.22.